The maximum absolute atomic E-state index is 6.37. The second-order valence-corrected chi connectivity index (χ2v) is 5.14. The molecule has 100 valence electrons. The zero-order chi connectivity index (χ0) is 13.1. The Balaban J connectivity index is 2.44. The van der Waals surface area contributed by atoms with Gasteiger partial charge in [0.2, 0.25) is 0 Å². The molecule has 0 radical (unpaired) electrons. The van der Waals surface area contributed by atoms with E-state index in [1.54, 1.807) is 7.11 Å². The van der Waals surface area contributed by atoms with Gasteiger partial charge in [0.25, 0.3) is 0 Å². The lowest BCUT2D eigenvalue weighted by Gasteiger charge is -2.40. The van der Waals surface area contributed by atoms with Crippen LogP contribution < -0.4 is 10.5 Å². The number of likely N-dealkylation sites (tertiary alicyclic amines) is 1. The fourth-order valence-electron chi connectivity index (χ4n) is 2.83. The van der Waals surface area contributed by atoms with Gasteiger partial charge >= 0.3 is 0 Å². The first-order valence-electron chi connectivity index (χ1n) is 6.51. The predicted octanol–water partition coefficient (Wildman–Crippen LogP) is 2.83. The molecule has 18 heavy (non-hydrogen) atoms. The van der Waals surface area contributed by atoms with Gasteiger partial charge in [-0.1, -0.05) is 24.6 Å². The summed E-state index contributed by atoms with van der Waals surface area (Å²) in [5.41, 5.74) is 7.35. The summed E-state index contributed by atoms with van der Waals surface area (Å²) in [7, 11) is 1.68. The molecule has 2 unspecified atom stereocenters. The Bertz CT molecular complexity index is 411. The topological polar surface area (TPSA) is 38.5 Å². The third-order valence-corrected chi connectivity index (χ3v) is 4.05. The van der Waals surface area contributed by atoms with E-state index in [1.165, 1.54) is 0 Å². The van der Waals surface area contributed by atoms with Crippen LogP contribution in [0.15, 0.2) is 18.2 Å². The number of hydrogen-bond donors (Lipinski definition) is 1. The molecule has 1 aromatic carbocycles. The minimum atomic E-state index is 0.118. The molecule has 1 aliphatic rings. The van der Waals surface area contributed by atoms with Gasteiger partial charge in [0, 0.05) is 16.6 Å². The first-order valence-corrected chi connectivity index (χ1v) is 6.88. The van der Waals surface area contributed by atoms with Crippen LogP contribution >= 0.6 is 11.6 Å². The summed E-state index contributed by atoms with van der Waals surface area (Å²) in [6.45, 7) is 4.21. The lowest BCUT2D eigenvalue weighted by Crippen LogP contribution is -2.45. The van der Waals surface area contributed by atoms with Crippen molar-refractivity contribution in [1.29, 1.82) is 0 Å². The van der Waals surface area contributed by atoms with Crippen molar-refractivity contribution < 1.29 is 4.74 Å². The van der Waals surface area contributed by atoms with Crippen molar-refractivity contribution in [1.82, 2.24) is 4.90 Å². The Kier molecular flexibility index (Phi) is 4.49. The Hall–Kier alpha value is -0.770. The molecule has 1 aromatic rings. The molecule has 2 rings (SSSR count). The third kappa shape index (κ3) is 2.48. The number of rotatable bonds is 3. The van der Waals surface area contributed by atoms with E-state index in [9.17, 15) is 0 Å². The number of benzene rings is 1. The number of likely N-dealkylation sites (N-methyl/N-ethyl adjacent to an activating group) is 1. The van der Waals surface area contributed by atoms with Crippen molar-refractivity contribution in [3.05, 3.63) is 28.8 Å². The molecule has 4 heteroatoms. The van der Waals surface area contributed by atoms with Crippen molar-refractivity contribution in [3.8, 4) is 5.75 Å². The lowest BCUT2D eigenvalue weighted by molar-refractivity contribution is 0.133. The van der Waals surface area contributed by atoms with E-state index >= 15 is 0 Å². The number of nitrogens with zero attached hydrogens (tertiary/aromatic N) is 1. The molecule has 0 amide bonds. The fourth-order valence-corrected chi connectivity index (χ4v) is 3.11. The zero-order valence-electron chi connectivity index (χ0n) is 11.0. The van der Waals surface area contributed by atoms with Crippen molar-refractivity contribution in [3.63, 3.8) is 0 Å². The Labute approximate surface area is 114 Å². The van der Waals surface area contributed by atoms with E-state index < -0.39 is 0 Å². The smallest absolute Gasteiger partial charge is 0.125 e. The third-order valence-electron chi connectivity index (χ3n) is 3.72. The monoisotopic (exact) mass is 268 g/mol. The number of methoxy groups -OCH3 is 1. The number of nitrogens with two attached hydrogens (primary N) is 1. The molecular weight excluding hydrogens is 248 g/mol. The number of hydrogen-bond acceptors (Lipinski definition) is 3. The molecule has 0 bridgehead atoms. The SMILES string of the molecule is CCN1CCCC(N)C1c1c(Cl)cccc1OC. The Morgan fingerprint density at radius 2 is 2.28 bits per heavy atom. The quantitative estimate of drug-likeness (QED) is 0.916. The molecule has 2 N–H and O–H groups in total. The average Bonchev–Trinajstić information content (AvgIpc) is 2.38. The van der Waals surface area contributed by atoms with Crippen LogP contribution in [-0.2, 0) is 0 Å². The molecular formula is C14H21ClN2O. The van der Waals surface area contributed by atoms with Crippen LogP contribution in [0.2, 0.25) is 5.02 Å². The van der Waals surface area contributed by atoms with Gasteiger partial charge in [-0.05, 0) is 38.1 Å². The van der Waals surface area contributed by atoms with E-state index in [0.717, 1.165) is 42.3 Å². The van der Waals surface area contributed by atoms with Gasteiger partial charge < -0.3 is 10.5 Å². The maximum atomic E-state index is 6.37. The summed E-state index contributed by atoms with van der Waals surface area (Å²) in [6, 6.07) is 6.06. The first-order chi connectivity index (χ1) is 8.69. The summed E-state index contributed by atoms with van der Waals surface area (Å²) in [5, 5.41) is 0.746. The van der Waals surface area contributed by atoms with Crippen LogP contribution in [0.4, 0.5) is 0 Å². The zero-order valence-corrected chi connectivity index (χ0v) is 11.8. The first kappa shape index (κ1) is 13.7. The van der Waals surface area contributed by atoms with Crippen molar-refractivity contribution in [2.75, 3.05) is 20.2 Å². The molecule has 0 aliphatic carbocycles. The second-order valence-electron chi connectivity index (χ2n) is 4.74. The van der Waals surface area contributed by atoms with E-state index in [4.69, 9.17) is 22.1 Å². The van der Waals surface area contributed by atoms with Crippen LogP contribution in [0, 0.1) is 0 Å². The second kappa shape index (κ2) is 5.91. The van der Waals surface area contributed by atoms with Crippen LogP contribution in [-0.4, -0.2) is 31.1 Å². The molecule has 0 saturated carbocycles. The lowest BCUT2D eigenvalue weighted by atomic mass is 9.90. The number of halogens is 1. The van der Waals surface area contributed by atoms with E-state index in [-0.39, 0.29) is 12.1 Å². The van der Waals surface area contributed by atoms with Gasteiger partial charge in [-0.15, -0.1) is 0 Å². The highest BCUT2D eigenvalue weighted by atomic mass is 35.5. The summed E-state index contributed by atoms with van der Waals surface area (Å²) < 4.78 is 5.45. The van der Waals surface area contributed by atoms with Gasteiger partial charge in [0.15, 0.2) is 0 Å². The minimum Gasteiger partial charge on any atom is -0.496 e. The summed E-state index contributed by atoms with van der Waals surface area (Å²) in [6.07, 6.45) is 2.19. The standard InChI is InChI=1S/C14H21ClN2O/c1-3-17-9-5-7-11(16)14(17)13-10(15)6-4-8-12(13)18-2/h4,6,8,11,14H,3,5,7,9,16H2,1-2H3. The fraction of sp³-hybridized carbons (Fsp3) is 0.571. The molecule has 1 heterocycles. The van der Waals surface area contributed by atoms with E-state index in [0.29, 0.717) is 0 Å². The molecule has 1 aliphatic heterocycles. The average molecular weight is 269 g/mol. The number of piperidine rings is 1. The van der Waals surface area contributed by atoms with Crippen molar-refractivity contribution in [2.24, 2.45) is 5.73 Å². The van der Waals surface area contributed by atoms with Crippen LogP contribution in [0.25, 0.3) is 0 Å². The predicted molar refractivity (Wildman–Crippen MR) is 75.2 cm³/mol. The van der Waals surface area contributed by atoms with Gasteiger partial charge in [0.1, 0.15) is 5.75 Å². The molecule has 0 aromatic heterocycles. The van der Waals surface area contributed by atoms with Gasteiger partial charge in [-0.2, -0.15) is 0 Å². The summed E-state index contributed by atoms with van der Waals surface area (Å²) >= 11 is 6.37. The van der Waals surface area contributed by atoms with Gasteiger partial charge in [0.05, 0.1) is 13.2 Å². The normalized spacial score (nSPS) is 25.1. The highest BCUT2D eigenvalue weighted by molar-refractivity contribution is 6.31. The Morgan fingerprint density at radius 3 is 2.94 bits per heavy atom. The summed E-state index contributed by atoms with van der Waals surface area (Å²) in [5.74, 6) is 0.836. The van der Waals surface area contributed by atoms with Crippen LogP contribution in [0.5, 0.6) is 5.75 Å². The molecule has 2 atom stereocenters. The van der Waals surface area contributed by atoms with E-state index in [2.05, 4.69) is 11.8 Å². The van der Waals surface area contributed by atoms with E-state index in [1.807, 2.05) is 18.2 Å². The van der Waals surface area contributed by atoms with Crippen molar-refractivity contribution >= 4 is 11.6 Å². The minimum absolute atomic E-state index is 0.118. The largest absolute Gasteiger partial charge is 0.496 e. The molecule has 1 saturated heterocycles. The number of ether oxygens (including phenoxy) is 1. The van der Waals surface area contributed by atoms with Crippen molar-refractivity contribution in [2.45, 2.75) is 31.8 Å². The van der Waals surface area contributed by atoms with Gasteiger partial charge in [-0.25, -0.2) is 0 Å². The van der Waals surface area contributed by atoms with Crippen LogP contribution in [0.3, 0.4) is 0 Å². The summed E-state index contributed by atoms with van der Waals surface area (Å²) in [4.78, 5) is 2.39. The highest BCUT2D eigenvalue weighted by Crippen LogP contribution is 2.39. The highest BCUT2D eigenvalue weighted by Gasteiger charge is 2.32. The molecule has 3 nitrogen and oxygen atoms in total. The maximum Gasteiger partial charge on any atom is 0.125 e. The molecule has 0 spiro atoms. The van der Waals surface area contributed by atoms with Gasteiger partial charge in [-0.3, -0.25) is 4.90 Å². The molecule has 1 fully saturated rings. The van der Waals surface area contributed by atoms with Crippen LogP contribution in [0.1, 0.15) is 31.4 Å². The Morgan fingerprint density at radius 1 is 1.50 bits per heavy atom.